The summed E-state index contributed by atoms with van der Waals surface area (Å²) in [5.74, 6) is 6.07. The number of hydrogen-bond donors (Lipinski definition) is 2. The van der Waals surface area contributed by atoms with Gasteiger partial charge in [0, 0.05) is 26.2 Å². The van der Waals surface area contributed by atoms with E-state index in [1.807, 2.05) is 0 Å². The fourth-order valence-electron chi connectivity index (χ4n) is 1.71. The summed E-state index contributed by atoms with van der Waals surface area (Å²) in [6.45, 7) is 4.93. The lowest BCUT2D eigenvalue weighted by molar-refractivity contribution is 0.0394. The standard InChI is InChI=1S/C11H18N2O2/c14-10-3-5-13(9-10)4-1-2-6-15-11-7-12-8-11/h10-12,14H,3-9H2. The maximum absolute atomic E-state index is 9.29. The van der Waals surface area contributed by atoms with Crippen LogP contribution < -0.4 is 5.32 Å². The lowest BCUT2D eigenvalue weighted by atomic mass is 10.2. The van der Waals surface area contributed by atoms with Gasteiger partial charge < -0.3 is 15.2 Å². The molecule has 2 saturated heterocycles. The highest BCUT2D eigenvalue weighted by atomic mass is 16.5. The van der Waals surface area contributed by atoms with Crippen LogP contribution in [0.2, 0.25) is 0 Å². The van der Waals surface area contributed by atoms with Gasteiger partial charge in [-0.3, -0.25) is 4.90 Å². The Morgan fingerprint density at radius 2 is 2.27 bits per heavy atom. The van der Waals surface area contributed by atoms with Crippen LogP contribution >= 0.6 is 0 Å². The highest BCUT2D eigenvalue weighted by molar-refractivity contribution is 5.02. The second kappa shape index (κ2) is 5.47. The summed E-state index contributed by atoms with van der Waals surface area (Å²) in [6, 6.07) is 0. The summed E-state index contributed by atoms with van der Waals surface area (Å²) in [7, 11) is 0. The number of rotatable bonds is 3. The van der Waals surface area contributed by atoms with Crippen LogP contribution in [-0.4, -0.2) is 61.5 Å². The molecular weight excluding hydrogens is 192 g/mol. The van der Waals surface area contributed by atoms with Gasteiger partial charge in [-0.2, -0.15) is 0 Å². The van der Waals surface area contributed by atoms with Gasteiger partial charge in [-0.25, -0.2) is 0 Å². The first-order chi connectivity index (χ1) is 7.34. The molecule has 0 amide bonds. The molecule has 84 valence electrons. The number of nitrogens with one attached hydrogen (secondary N) is 1. The van der Waals surface area contributed by atoms with E-state index in [0.29, 0.717) is 12.7 Å². The van der Waals surface area contributed by atoms with E-state index in [1.54, 1.807) is 0 Å². The Hall–Kier alpha value is -0.600. The summed E-state index contributed by atoms with van der Waals surface area (Å²) in [4.78, 5) is 2.17. The topological polar surface area (TPSA) is 44.7 Å². The quantitative estimate of drug-likeness (QED) is 0.589. The van der Waals surface area contributed by atoms with Gasteiger partial charge in [-0.15, -0.1) is 0 Å². The minimum absolute atomic E-state index is 0.149. The first kappa shape index (κ1) is 10.9. The Bertz CT molecular complexity index is 255. The Morgan fingerprint density at radius 1 is 1.40 bits per heavy atom. The van der Waals surface area contributed by atoms with E-state index in [4.69, 9.17) is 4.74 Å². The molecule has 2 aliphatic heterocycles. The molecular formula is C11H18N2O2. The minimum atomic E-state index is -0.149. The summed E-state index contributed by atoms with van der Waals surface area (Å²) < 4.78 is 5.46. The van der Waals surface area contributed by atoms with Gasteiger partial charge in [0.25, 0.3) is 0 Å². The molecule has 2 aliphatic rings. The highest BCUT2D eigenvalue weighted by Gasteiger charge is 2.18. The molecule has 4 heteroatoms. The first-order valence-corrected chi connectivity index (χ1v) is 5.53. The molecule has 2 fully saturated rings. The molecule has 0 spiro atoms. The van der Waals surface area contributed by atoms with Crippen molar-refractivity contribution in [2.75, 3.05) is 39.3 Å². The third kappa shape index (κ3) is 3.47. The van der Waals surface area contributed by atoms with E-state index >= 15 is 0 Å². The largest absolute Gasteiger partial charge is 0.392 e. The number of ether oxygens (including phenoxy) is 1. The van der Waals surface area contributed by atoms with E-state index in [-0.39, 0.29) is 6.10 Å². The Labute approximate surface area is 90.6 Å². The van der Waals surface area contributed by atoms with Gasteiger partial charge in [0.2, 0.25) is 0 Å². The van der Waals surface area contributed by atoms with Crippen LogP contribution in [-0.2, 0) is 4.74 Å². The number of β-amino-alcohol motifs (C(OH)–C–C–N with tert-alkyl or cyclic N) is 1. The van der Waals surface area contributed by atoms with Crippen LogP contribution in [0, 0.1) is 11.8 Å². The number of aliphatic hydroxyl groups excluding tert-OH is 1. The van der Waals surface area contributed by atoms with Crippen LogP contribution in [0.1, 0.15) is 6.42 Å². The van der Waals surface area contributed by atoms with Crippen LogP contribution in [0.25, 0.3) is 0 Å². The molecule has 1 unspecified atom stereocenters. The maximum atomic E-state index is 9.29. The van der Waals surface area contributed by atoms with E-state index in [9.17, 15) is 5.11 Å². The molecule has 2 heterocycles. The first-order valence-electron chi connectivity index (χ1n) is 5.53. The normalized spacial score (nSPS) is 27.1. The SMILES string of the molecule is OC1CCN(CC#CCOC2CNC2)C1. The summed E-state index contributed by atoms with van der Waals surface area (Å²) in [6.07, 6.45) is 1.10. The minimum Gasteiger partial charge on any atom is -0.392 e. The molecule has 0 radical (unpaired) electrons. The van der Waals surface area contributed by atoms with Crippen molar-refractivity contribution in [2.45, 2.75) is 18.6 Å². The predicted molar refractivity (Wildman–Crippen MR) is 57.4 cm³/mol. The highest BCUT2D eigenvalue weighted by Crippen LogP contribution is 2.06. The Balaban J connectivity index is 1.54. The van der Waals surface area contributed by atoms with Crippen molar-refractivity contribution in [3.63, 3.8) is 0 Å². The van der Waals surface area contributed by atoms with E-state index in [0.717, 1.165) is 39.1 Å². The molecule has 2 N–H and O–H groups in total. The number of aliphatic hydroxyl groups is 1. The number of likely N-dealkylation sites (tertiary alicyclic amines) is 1. The number of nitrogens with zero attached hydrogens (tertiary/aromatic N) is 1. The smallest absolute Gasteiger partial charge is 0.108 e. The molecule has 4 nitrogen and oxygen atoms in total. The zero-order valence-corrected chi connectivity index (χ0v) is 8.91. The molecule has 0 aromatic rings. The monoisotopic (exact) mass is 210 g/mol. The van der Waals surface area contributed by atoms with E-state index < -0.39 is 0 Å². The van der Waals surface area contributed by atoms with Crippen molar-refractivity contribution in [3.05, 3.63) is 0 Å². The van der Waals surface area contributed by atoms with Crippen molar-refractivity contribution in [1.29, 1.82) is 0 Å². The van der Waals surface area contributed by atoms with Crippen molar-refractivity contribution in [2.24, 2.45) is 0 Å². The second-order valence-electron chi connectivity index (χ2n) is 4.12. The van der Waals surface area contributed by atoms with Gasteiger partial charge in [0.15, 0.2) is 0 Å². The van der Waals surface area contributed by atoms with Crippen LogP contribution in [0.4, 0.5) is 0 Å². The average Bonchev–Trinajstić information content (AvgIpc) is 2.54. The fraction of sp³-hybridized carbons (Fsp3) is 0.818. The lowest BCUT2D eigenvalue weighted by Gasteiger charge is -2.25. The van der Waals surface area contributed by atoms with Gasteiger partial charge >= 0.3 is 0 Å². The van der Waals surface area contributed by atoms with E-state index in [1.165, 1.54) is 0 Å². The van der Waals surface area contributed by atoms with Crippen LogP contribution in [0.3, 0.4) is 0 Å². The van der Waals surface area contributed by atoms with E-state index in [2.05, 4.69) is 22.1 Å². The summed E-state index contributed by atoms with van der Waals surface area (Å²) in [5, 5.41) is 12.4. The molecule has 0 aliphatic carbocycles. The van der Waals surface area contributed by atoms with Crippen LogP contribution in [0.5, 0.6) is 0 Å². The van der Waals surface area contributed by atoms with Gasteiger partial charge in [-0.05, 0) is 6.42 Å². The molecule has 0 bridgehead atoms. The zero-order valence-electron chi connectivity index (χ0n) is 8.91. The van der Waals surface area contributed by atoms with Crippen molar-refractivity contribution >= 4 is 0 Å². The Kier molecular flexibility index (Phi) is 3.98. The summed E-state index contributed by atoms with van der Waals surface area (Å²) >= 11 is 0. The lowest BCUT2D eigenvalue weighted by Crippen LogP contribution is -2.48. The predicted octanol–water partition coefficient (Wildman–Crippen LogP) is -0.955. The molecule has 1 atom stereocenters. The average molecular weight is 210 g/mol. The van der Waals surface area contributed by atoms with Crippen molar-refractivity contribution in [3.8, 4) is 11.8 Å². The third-order valence-corrected chi connectivity index (χ3v) is 2.81. The van der Waals surface area contributed by atoms with Crippen molar-refractivity contribution < 1.29 is 9.84 Å². The molecule has 0 aromatic carbocycles. The molecule has 15 heavy (non-hydrogen) atoms. The molecule has 0 aromatic heterocycles. The molecule has 0 saturated carbocycles. The van der Waals surface area contributed by atoms with Crippen molar-refractivity contribution in [1.82, 2.24) is 10.2 Å². The third-order valence-electron chi connectivity index (χ3n) is 2.81. The summed E-state index contributed by atoms with van der Waals surface area (Å²) in [5.41, 5.74) is 0. The van der Waals surface area contributed by atoms with Gasteiger partial charge in [-0.1, -0.05) is 11.8 Å². The second-order valence-corrected chi connectivity index (χ2v) is 4.12. The van der Waals surface area contributed by atoms with Crippen LogP contribution in [0.15, 0.2) is 0 Å². The van der Waals surface area contributed by atoms with Gasteiger partial charge in [0.1, 0.15) is 6.61 Å². The fourth-order valence-corrected chi connectivity index (χ4v) is 1.71. The Morgan fingerprint density at radius 3 is 2.87 bits per heavy atom. The molecule has 2 rings (SSSR count). The number of hydrogen-bond acceptors (Lipinski definition) is 4. The zero-order chi connectivity index (χ0) is 10.5. The maximum Gasteiger partial charge on any atom is 0.108 e. The van der Waals surface area contributed by atoms with Gasteiger partial charge in [0.05, 0.1) is 18.8 Å².